The van der Waals surface area contributed by atoms with Gasteiger partial charge in [0, 0.05) is 40.0 Å². The van der Waals surface area contributed by atoms with Gasteiger partial charge in [-0.25, -0.2) is 4.79 Å². The molecule has 3 N–H and O–H groups in total. The lowest BCUT2D eigenvalue weighted by molar-refractivity contribution is -0.274. The standard InChI is InChI=1S/C47H53F3N2O5/c1-30(2)51-41(55)52(28-31-10-16-36(17-11-31)57-47(48,49)50)29-45(56)23-20-39-43(45,4)22-19-38-42(3)21-18-35(53)26-44(42)24-25-46(38,39)37(27-44)40(54)34-14-12-33(13-15-34)32-8-6-5-7-9-32/h5-17,24-25,27,30,35,38-39,53,56H,18-23,26,28-29H2,1-4H3,(H,51,55)/t35?,38-,39-,42-,43+,44+,45-,46-/m1/s1. The van der Waals surface area contributed by atoms with E-state index in [1.807, 2.05) is 68.4 Å². The molecule has 2 bridgehead atoms. The third-order valence-corrected chi connectivity index (χ3v) is 14.9. The van der Waals surface area contributed by atoms with Crippen molar-refractivity contribution in [2.24, 2.45) is 33.5 Å². The molecule has 0 heterocycles. The molecule has 0 radical (unpaired) electrons. The summed E-state index contributed by atoms with van der Waals surface area (Å²) in [6.45, 7) is 8.25. The largest absolute Gasteiger partial charge is 0.573 e. The molecular formula is C47H53F3N2O5. The van der Waals surface area contributed by atoms with Crippen molar-refractivity contribution in [3.63, 3.8) is 0 Å². The van der Waals surface area contributed by atoms with E-state index in [-0.39, 0.29) is 53.9 Å². The number of urea groups is 1. The Bertz CT molecular complexity index is 2080. The number of nitrogens with one attached hydrogen (secondary N) is 1. The van der Waals surface area contributed by atoms with Gasteiger partial charge in [-0.05, 0) is 105 Å². The second-order valence-corrected chi connectivity index (χ2v) is 18.2. The van der Waals surface area contributed by atoms with Crippen LogP contribution in [0.1, 0.15) is 88.6 Å². The topological polar surface area (TPSA) is 99.1 Å². The van der Waals surface area contributed by atoms with Gasteiger partial charge in [-0.1, -0.05) is 98.8 Å². The van der Waals surface area contributed by atoms with Crippen LogP contribution in [0.3, 0.4) is 0 Å². The number of fused-ring (bicyclic) bond motifs is 1. The molecule has 3 aromatic rings. The Balaban J connectivity index is 1.15. The van der Waals surface area contributed by atoms with E-state index in [1.165, 1.54) is 24.3 Å². The van der Waals surface area contributed by atoms with Gasteiger partial charge in [-0.3, -0.25) is 4.79 Å². The molecule has 0 aromatic heterocycles. The quantitative estimate of drug-likeness (QED) is 0.148. The Kier molecular flexibility index (Phi) is 9.59. The number of aliphatic hydroxyl groups is 2. The summed E-state index contributed by atoms with van der Waals surface area (Å²) in [6, 6.07) is 22.8. The molecule has 8 atom stereocenters. The Morgan fingerprint density at radius 3 is 2.16 bits per heavy atom. The molecule has 2 spiro atoms. The minimum atomic E-state index is -4.82. The zero-order valence-electron chi connectivity index (χ0n) is 33.1. The summed E-state index contributed by atoms with van der Waals surface area (Å²) < 4.78 is 42.7. The van der Waals surface area contributed by atoms with Gasteiger partial charge in [-0.15, -0.1) is 13.2 Å². The number of ketones is 1. The van der Waals surface area contributed by atoms with Crippen LogP contribution in [-0.4, -0.2) is 57.6 Å². The van der Waals surface area contributed by atoms with Crippen LogP contribution < -0.4 is 10.1 Å². The number of ether oxygens (including phenoxy) is 1. The van der Waals surface area contributed by atoms with E-state index in [1.54, 1.807) is 4.90 Å². The number of hydrogen-bond acceptors (Lipinski definition) is 5. The molecule has 6 aliphatic rings. The van der Waals surface area contributed by atoms with Gasteiger partial charge in [0.15, 0.2) is 5.78 Å². The monoisotopic (exact) mass is 782 g/mol. The third kappa shape index (κ3) is 6.42. The molecule has 57 heavy (non-hydrogen) atoms. The first-order chi connectivity index (χ1) is 26.9. The van der Waals surface area contributed by atoms with E-state index < -0.39 is 34.3 Å². The molecule has 3 aromatic carbocycles. The van der Waals surface area contributed by atoms with Gasteiger partial charge in [-0.2, -0.15) is 0 Å². The van der Waals surface area contributed by atoms with Crippen molar-refractivity contribution < 1.29 is 37.7 Å². The normalized spacial score (nSPS) is 33.9. The summed E-state index contributed by atoms with van der Waals surface area (Å²) in [7, 11) is 0. The predicted molar refractivity (Wildman–Crippen MR) is 212 cm³/mol. The summed E-state index contributed by atoms with van der Waals surface area (Å²) in [5, 5.41) is 27.1. The summed E-state index contributed by atoms with van der Waals surface area (Å²) in [4.78, 5) is 30.5. The fraction of sp³-hybridized carbons (Fsp3) is 0.489. The number of hydrogen-bond donors (Lipinski definition) is 3. The molecule has 2 amide bonds. The van der Waals surface area contributed by atoms with Crippen molar-refractivity contribution in [3.8, 4) is 16.9 Å². The highest BCUT2D eigenvalue weighted by atomic mass is 19.4. The Hall–Kier alpha value is -4.41. The Morgan fingerprint density at radius 2 is 1.49 bits per heavy atom. The van der Waals surface area contributed by atoms with Crippen LogP contribution in [0.25, 0.3) is 11.1 Å². The second kappa shape index (κ2) is 13.9. The lowest BCUT2D eigenvalue weighted by Crippen LogP contribution is -2.67. The zero-order valence-corrected chi connectivity index (χ0v) is 33.1. The van der Waals surface area contributed by atoms with Crippen LogP contribution in [0, 0.1) is 33.5 Å². The smallest absolute Gasteiger partial charge is 0.406 e. The van der Waals surface area contributed by atoms with Crippen LogP contribution in [0.5, 0.6) is 5.75 Å². The summed E-state index contributed by atoms with van der Waals surface area (Å²) in [5.74, 6) is -0.400. The fourth-order valence-corrected chi connectivity index (χ4v) is 12.1. The lowest BCUT2D eigenvalue weighted by Gasteiger charge is -2.71. The van der Waals surface area contributed by atoms with E-state index in [9.17, 15) is 28.2 Å². The van der Waals surface area contributed by atoms with Gasteiger partial charge < -0.3 is 25.2 Å². The highest BCUT2D eigenvalue weighted by Gasteiger charge is 2.74. The summed E-state index contributed by atoms with van der Waals surface area (Å²) in [6.07, 6.45) is 6.08. The highest BCUT2D eigenvalue weighted by molar-refractivity contribution is 6.10. The summed E-state index contributed by atoms with van der Waals surface area (Å²) >= 11 is 0. The lowest BCUT2D eigenvalue weighted by atomic mass is 9.32. The average Bonchev–Trinajstić information content (AvgIpc) is 3.44. The van der Waals surface area contributed by atoms with Crippen LogP contribution in [0.15, 0.2) is 103 Å². The second-order valence-electron chi connectivity index (χ2n) is 18.2. The number of aliphatic hydroxyl groups excluding tert-OH is 1. The molecular weight excluding hydrogens is 730 g/mol. The number of amides is 2. The van der Waals surface area contributed by atoms with Crippen molar-refractivity contribution in [1.82, 2.24) is 10.2 Å². The maximum absolute atomic E-state index is 15.1. The molecule has 1 unspecified atom stereocenters. The minimum absolute atomic E-state index is 0.00512. The van der Waals surface area contributed by atoms with E-state index in [0.717, 1.165) is 29.5 Å². The number of allylic oxidation sites excluding steroid dienone is 4. The number of halogens is 3. The molecule has 0 aliphatic heterocycles. The third-order valence-electron chi connectivity index (χ3n) is 14.9. The summed E-state index contributed by atoms with van der Waals surface area (Å²) in [5.41, 5.74) is 0.657. The van der Waals surface area contributed by atoms with Gasteiger partial charge in [0.05, 0.1) is 18.2 Å². The SMILES string of the molecule is CC(C)NC(=O)N(Cc1ccc(OC(F)(F)F)cc1)C[C@]1(O)CC[C@H]2[C@]34C=C[C@@]5(C=C3C(=O)c3ccc(-c6ccccc6)cc3)CC(O)CC[C@]5(C)[C@H]4CC[C@@]21C. The van der Waals surface area contributed by atoms with Crippen molar-refractivity contribution in [2.45, 2.75) is 103 Å². The molecule has 302 valence electrons. The van der Waals surface area contributed by atoms with Crippen LogP contribution >= 0.6 is 0 Å². The number of carbonyl (C=O) groups is 2. The minimum Gasteiger partial charge on any atom is -0.406 e. The van der Waals surface area contributed by atoms with E-state index in [4.69, 9.17) is 0 Å². The highest BCUT2D eigenvalue weighted by Crippen LogP contribution is 2.78. The molecule has 9 rings (SSSR count). The number of carbonyl (C=O) groups excluding carboxylic acids is 2. The number of alkyl halides is 3. The first-order valence-corrected chi connectivity index (χ1v) is 20.4. The van der Waals surface area contributed by atoms with E-state index >= 15 is 4.79 Å². The Labute approximate surface area is 333 Å². The van der Waals surface area contributed by atoms with Crippen LogP contribution in [-0.2, 0) is 6.54 Å². The van der Waals surface area contributed by atoms with Crippen LogP contribution in [0.4, 0.5) is 18.0 Å². The van der Waals surface area contributed by atoms with Crippen molar-refractivity contribution in [3.05, 3.63) is 114 Å². The zero-order chi connectivity index (χ0) is 40.6. The molecule has 7 nitrogen and oxygen atoms in total. The Morgan fingerprint density at radius 1 is 0.860 bits per heavy atom. The average molecular weight is 783 g/mol. The van der Waals surface area contributed by atoms with E-state index in [2.05, 4.69) is 42.1 Å². The van der Waals surface area contributed by atoms with Gasteiger partial charge in [0.2, 0.25) is 0 Å². The molecule has 6 aliphatic carbocycles. The maximum atomic E-state index is 15.1. The van der Waals surface area contributed by atoms with Crippen molar-refractivity contribution >= 4 is 11.8 Å². The van der Waals surface area contributed by atoms with Gasteiger partial charge in [0.1, 0.15) is 5.75 Å². The molecule has 10 heteroatoms. The molecule has 3 fully saturated rings. The molecule has 0 saturated heterocycles. The van der Waals surface area contributed by atoms with Crippen molar-refractivity contribution in [2.75, 3.05) is 6.54 Å². The van der Waals surface area contributed by atoms with Crippen LogP contribution in [0.2, 0.25) is 0 Å². The maximum Gasteiger partial charge on any atom is 0.573 e. The number of benzene rings is 3. The van der Waals surface area contributed by atoms with E-state index in [0.29, 0.717) is 43.2 Å². The predicted octanol–water partition coefficient (Wildman–Crippen LogP) is 9.65. The molecule has 3 saturated carbocycles. The number of nitrogens with zero attached hydrogens (tertiary/aromatic N) is 1. The van der Waals surface area contributed by atoms with Crippen molar-refractivity contribution in [1.29, 1.82) is 0 Å². The number of rotatable bonds is 9. The first-order valence-electron chi connectivity index (χ1n) is 20.4. The fourth-order valence-electron chi connectivity index (χ4n) is 12.1. The van der Waals surface area contributed by atoms with Gasteiger partial charge >= 0.3 is 12.4 Å². The number of Topliss-reactive ketones (excluding diaryl/α,β-unsaturated/α-hetero) is 1. The van der Waals surface area contributed by atoms with Gasteiger partial charge in [0.25, 0.3) is 0 Å². The first kappa shape index (κ1) is 39.4.